The highest BCUT2D eigenvalue weighted by atomic mass is 32.1. The minimum Gasteiger partial charge on any atom is -0.484 e. The predicted molar refractivity (Wildman–Crippen MR) is 125 cm³/mol. The number of nitrogens with zero attached hydrogens (tertiary/aromatic N) is 1. The summed E-state index contributed by atoms with van der Waals surface area (Å²) in [6, 6.07) is 14.0. The number of carbonyl (C=O) groups is 1. The molecule has 0 bridgehead atoms. The Morgan fingerprint density at radius 1 is 1.03 bits per heavy atom. The van der Waals surface area contributed by atoms with Gasteiger partial charge in [-0.05, 0) is 59.2 Å². The van der Waals surface area contributed by atoms with Crippen molar-refractivity contribution in [2.24, 2.45) is 5.41 Å². The summed E-state index contributed by atoms with van der Waals surface area (Å²) in [6.45, 7) is 11.1. The second-order valence-corrected chi connectivity index (χ2v) is 10.4. The topological polar surface area (TPSA) is 51.2 Å². The van der Waals surface area contributed by atoms with E-state index in [2.05, 4.69) is 57.1 Å². The van der Waals surface area contributed by atoms with Crippen molar-refractivity contribution in [1.29, 1.82) is 0 Å². The fraction of sp³-hybridized carbons (Fsp3) is 0.360. The SMILES string of the molecule is CC(C)(C)CC(C)(C)c1ccc(OCC(=O)Nc2nc(-c3ccc(F)cc3)cs2)cc1. The summed E-state index contributed by atoms with van der Waals surface area (Å²) in [7, 11) is 0. The van der Waals surface area contributed by atoms with Gasteiger partial charge in [0.25, 0.3) is 5.91 Å². The Morgan fingerprint density at radius 3 is 2.29 bits per heavy atom. The second kappa shape index (κ2) is 9.18. The summed E-state index contributed by atoms with van der Waals surface area (Å²) in [5, 5.41) is 5.04. The summed E-state index contributed by atoms with van der Waals surface area (Å²) < 4.78 is 18.7. The van der Waals surface area contributed by atoms with Crippen molar-refractivity contribution in [3.63, 3.8) is 0 Å². The summed E-state index contributed by atoms with van der Waals surface area (Å²) in [4.78, 5) is 16.6. The minimum absolute atomic E-state index is 0.0568. The van der Waals surface area contributed by atoms with Crippen LogP contribution in [0.25, 0.3) is 11.3 Å². The normalized spacial score (nSPS) is 11.9. The number of hydrogen-bond acceptors (Lipinski definition) is 4. The van der Waals surface area contributed by atoms with E-state index < -0.39 is 0 Å². The van der Waals surface area contributed by atoms with Crippen molar-refractivity contribution in [3.05, 3.63) is 65.3 Å². The van der Waals surface area contributed by atoms with Crippen LogP contribution in [0.3, 0.4) is 0 Å². The first-order valence-electron chi connectivity index (χ1n) is 10.3. The first kappa shape index (κ1) is 22.9. The standard InChI is InChI=1S/C25H29FN2O2S/c1-24(2,3)16-25(4,5)18-8-12-20(13-9-18)30-14-22(29)28-23-27-21(15-31-23)17-6-10-19(26)11-7-17/h6-13,15H,14,16H2,1-5H3,(H,27,28,29). The number of hydrogen-bond donors (Lipinski definition) is 1. The van der Waals surface area contributed by atoms with Crippen molar-refractivity contribution in [2.45, 2.75) is 46.5 Å². The van der Waals surface area contributed by atoms with E-state index in [4.69, 9.17) is 4.74 Å². The zero-order valence-electron chi connectivity index (χ0n) is 18.7. The lowest BCUT2D eigenvalue weighted by molar-refractivity contribution is -0.118. The summed E-state index contributed by atoms with van der Waals surface area (Å²) >= 11 is 1.32. The van der Waals surface area contributed by atoms with Gasteiger partial charge in [0.05, 0.1) is 5.69 Å². The molecule has 1 heterocycles. The van der Waals surface area contributed by atoms with Crippen molar-refractivity contribution >= 4 is 22.4 Å². The molecule has 31 heavy (non-hydrogen) atoms. The van der Waals surface area contributed by atoms with Gasteiger partial charge in [0, 0.05) is 10.9 Å². The summed E-state index contributed by atoms with van der Waals surface area (Å²) in [5.41, 5.74) is 3.03. The first-order chi connectivity index (χ1) is 14.5. The lowest BCUT2D eigenvalue weighted by atomic mass is 9.72. The van der Waals surface area contributed by atoms with E-state index in [1.54, 1.807) is 12.1 Å². The van der Waals surface area contributed by atoms with Crippen LogP contribution in [0.4, 0.5) is 9.52 Å². The van der Waals surface area contributed by atoms with Gasteiger partial charge in [-0.2, -0.15) is 0 Å². The van der Waals surface area contributed by atoms with Crippen LogP contribution in [0, 0.1) is 11.2 Å². The molecule has 0 saturated heterocycles. The molecule has 1 amide bonds. The molecule has 0 fully saturated rings. The molecule has 0 aliphatic heterocycles. The van der Waals surface area contributed by atoms with Crippen molar-refractivity contribution in [1.82, 2.24) is 4.98 Å². The first-order valence-corrected chi connectivity index (χ1v) is 11.1. The number of ether oxygens (including phenoxy) is 1. The fourth-order valence-electron chi connectivity index (χ4n) is 3.82. The smallest absolute Gasteiger partial charge is 0.264 e. The van der Waals surface area contributed by atoms with Gasteiger partial charge in [-0.3, -0.25) is 10.1 Å². The van der Waals surface area contributed by atoms with Gasteiger partial charge < -0.3 is 4.74 Å². The van der Waals surface area contributed by atoms with Crippen LogP contribution in [-0.4, -0.2) is 17.5 Å². The number of nitrogens with one attached hydrogen (secondary N) is 1. The number of anilines is 1. The maximum Gasteiger partial charge on any atom is 0.264 e. The maximum atomic E-state index is 13.1. The Kier molecular flexibility index (Phi) is 6.80. The van der Waals surface area contributed by atoms with Crippen molar-refractivity contribution in [3.8, 4) is 17.0 Å². The van der Waals surface area contributed by atoms with E-state index >= 15 is 0 Å². The van der Waals surface area contributed by atoms with Gasteiger partial charge in [0.15, 0.2) is 11.7 Å². The monoisotopic (exact) mass is 440 g/mol. The molecule has 4 nitrogen and oxygen atoms in total. The number of rotatable bonds is 7. The van der Waals surface area contributed by atoms with Crippen LogP contribution in [0.2, 0.25) is 0 Å². The fourth-order valence-corrected chi connectivity index (χ4v) is 4.55. The lowest BCUT2D eigenvalue weighted by Gasteiger charge is -2.33. The molecule has 6 heteroatoms. The number of thiazole rings is 1. The third-order valence-corrected chi connectivity index (χ3v) is 5.63. The molecule has 0 atom stereocenters. The van der Waals surface area contributed by atoms with Gasteiger partial charge in [-0.15, -0.1) is 11.3 Å². The van der Waals surface area contributed by atoms with E-state index in [0.717, 1.165) is 12.0 Å². The maximum absolute atomic E-state index is 13.1. The molecule has 0 aliphatic rings. The molecule has 2 aromatic carbocycles. The Morgan fingerprint density at radius 2 is 1.68 bits per heavy atom. The third kappa shape index (κ3) is 6.62. The van der Waals surface area contributed by atoms with Crippen LogP contribution >= 0.6 is 11.3 Å². The number of amides is 1. The Hall–Kier alpha value is -2.73. The van der Waals surface area contributed by atoms with E-state index in [0.29, 0.717) is 16.6 Å². The van der Waals surface area contributed by atoms with Gasteiger partial charge in [-0.1, -0.05) is 46.8 Å². The van der Waals surface area contributed by atoms with Crippen LogP contribution in [0.1, 0.15) is 46.6 Å². The molecule has 164 valence electrons. The molecular formula is C25H29FN2O2S. The van der Waals surface area contributed by atoms with Crippen LogP contribution in [0.15, 0.2) is 53.9 Å². The van der Waals surface area contributed by atoms with E-state index in [-0.39, 0.29) is 29.2 Å². The van der Waals surface area contributed by atoms with Crippen LogP contribution in [0.5, 0.6) is 5.75 Å². The van der Waals surface area contributed by atoms with Gasteiger partial charge in [-0.25, -0.2) is 9.37 Å². The molecule has 0 unspecified atom stereocenters. The predicted octanol–water partition coefficient (Wildman–Crippen LogP) is 6.68. The average Bonchev–Trinajstić information content (AvgIpc) is 3.14. The van der Waals surface area contributed by atoms with Gasteiger partial charge >= 0.3 is 0 Å². The van der Waals surface area contributed by atoms with Crippen LogP contribution in [-0.2, 0) is 10.2 Å². The number of aromatic nitrogens is 1. The second-order valence-electron chi connectivity index (χ2n) is 9.53. The quantitative estimate of drug-likeness (QED) is 0.446. The zero-order valence-corrected chi connectivity index (χ0v) is 19.5. The largest absolute Gasteiger partial charge is 0.484 e. The van der Waals surface area contributed by atoms with Crippen molar-refractivity contribution in [2.75, 3.05) is 11.9 Å². The van der Waals surface area contributed by atoms with Crippen molar-refractivity contribution < 1.29 is 13.9 Å². The number of carbonyl (C=O) groups excluding carboxylic acids is 1. The minimum atomic E-state index is -0.296. The van der Waals surface area contributed by atoms with Gasteiger partial charge in [0.1, 0.15) is 11.6 Å². The Labute approximate surface area is 187 Å². The van der Waals surface area contributed by atoms with Gasteiger partial charge in [0.2, 0.25) is 0 Å². The number of halogens is 1. The highest BCUT2D eigenvalue weighted by Gasteiger charge is 2.27. The molecule has 0 aliphatic carbocycles. The molecule has 0 radical (unpaired) electrons. The Balaban J connectivity index is 1.54. The third-order valence-electron chi connectivity index (χ3n) is 4.87. The van der Waals surface area contributed by atoms with E-state index in [9.17, 15) is 9.18 Å². The highest BCUT2D eigenvalue weighted by Crippen LogP contribution is 2.36. The highest BCUT2D eigenvalue weighted by molar-refractivity contribution is 7.14. The Bertz CT molecular complexity index is 1020. The molecule has 3 rings (SSSR count). The number of benzene rings is 2. The average molecular weight is 441 g/mol. The molecular weight excluding hydrogens is 411 g/mol. The van der Waals surface area contributed by atoms with E-state index in [1.807, 2.05) is 17.5 Å². The summed E-state index contributed by atoms with van der Waals surface area (Å²) in [6.07, 6.45) is 1.07. The zero-order chi connectivity index (χ0) is 22.6. The molecule has 1 aromatic heterocycles. The molecule has 1 N–H and O–H groups in total. The van der Waals surface area contributed by atoms with Crippen LogP contribution < -0.4 is 10.1 Å². The molecule has 3 aromatic rings. The summed E-state index contributed by atoms with van der Waals surface area (Å²) in [5.74, 6) is 0.0733. The molecule has 0 saturated carbocycles. The van der Waals surface area contributed by atoms with E-state index in [1.165, 1.54) is 29.0 Å². The molecule has 0 spiro atoms. The lowest BCUT2D eigenvalue weighted by Crippen LogP contribution is -2.24.